The highest BCUT2D eigenvalue weighted by Crippen LogP contribution is 2.15. The van der Waals surface area contributed by atoms with Gasteiger partial charge in [0.15, 0.2) is 6.61 Å². The molecule has 0 aliphatic heterocycles. The van der Waals surface area contributed by atoms with Gasteiger partial charge >= 0.3 is 0 Å². The van der Waals surface area contributed by atoms with Gasteiger partial charge in [-0.15, -0.1) is 0 Å². The molecule has 0 spiro atoms. The molecule has 1 atom stereocenters. The van der Waals surface area contributed by atoms with E-state index in [1.54, 1.807) is 31.2 Å². The van der Waals surface area contributed by atoms with E-state index in [0.29, 0.717) is 11.3 Å². The summed E-state index contributed by atoms with van der Waals surface area (Å²) < 4.78 is 5.31. The number of amides is 1. The molecule has 0 aliphatic rings. The predicted octanol–water partition coefficient (Wildman–Crippen LogP) is 1.99. The molecule has 1 aromatic carbocycles. The van der Waals surface area contributed by atoms with Crippen molar-refractivity contribution < 1.29 is 9.53 Å². The van der Waals surface area contributed by atoms with Gasteiger partial charge in [0, 0.05) is 0 Å². The third kappa shape index (κ3) is 4.00. The van der Waals surface area contributed by atoms with E-state index in [-0.39, 0.29) is 18.4 Å². The van der Waals surface area contributed by atoms with Crippen molar-refractivity contribution in [2.24, 2.45) is 5.92 Å². The fourth-order valence-electron chi connectivity index (χ4n) is 1.40. The summed E-state index contributed by atoms with van der Waals surface area (Å²) in [6.45, 7) is 5.24. The molecular formula is C15H17N3O2. The average molecular weight is 271 g/mol. The first-order valence-electron chi connectivity index (χ1n) is 6.26. The minimum atomic E-state index is -0.912. The van der Waals surface area contributed by atoms with Gasteiger partial charge in [-0.05, 0) is 37.1 Å². The van der Waals surface area contributed by atoms with Gasteiger partial charge in [0.25, 0.3) is 5.91 Å². The summed E-state index contributed by atoms with van der Waals surface area (Å²) in [5.41, 5.74) is -0.385. The highest BCUT2D eigenvalue weighted by atomic mass is 16.5. The number of hydrogen-bond acceptors (Lipinski definition) is 4. The Morgan fingerprint density at radius 1 is 1.35 bits per heavy atom. The molecule has 1 rings (SSSR count). The minimum Gasteiger partial charge on any atom is -0.484 e. The van der Waals surface area contributed by atoms with Crippen LogP contribution in [0.5, 0.6) is 5.75 Å². The predicted molar refractivity (Wildman–Crippen MR) is 73.7 cm³/mol. The summed E-state index contributed by atoms with van der Waals surface area (Å²) in [5.74, 6) is 0.140. The van der Waals surface area contributed by atoms with Crippen LogP contribution in [0.15, 0.2) is 24.3 Å². The minimum absolute atomic E-state index is 0.00800. The zero-order chi connectivity index (χ0) is 15.2. The van der Waals surface area contributed by atoms with Gasteiger partial charge in [0.05, 0.1) is 17.7 Å². The molecule has 0 saturated heterocycles. The molecule has 0 aliphatic carbocycles. The first-order valence-corrected chi connectivity index (χ1v) is 6.26. The van der Waals surface area contributed by atoms with Gasteiger partial charge < -0.3 is 10.1 Å². The first kappa shape index (κ1) is 15.5. The number of ether oxygens (including phenoxy) is 1. The molecule has 104 valence electrons. The summed E-state index contributed by atoms with van der Waals surface area (Å²) >= 11 is 0. The lowest BCUT2D eigenvalue weighted by atomic mass is 9.90. The third-order valence-corrected chi connectivity index (χ3v) is 3.14. The van der Waals surface area contributed by atoms with Crippen molar-refractivity contribution in [2.75, 3.05) is 6.61 Å². The number of carbonyl (C=O) groups excluding carboxylic acids is 1. The van der Waals surface area contributed by atoms with Crippen LogP contribution < -0.4 is 10.1 Å². The highest BCUT2D eigenvalue weighted by molar-refractivity contribution is 5.78. The van der Waals surface area contributed by atoms with Crippen molar-refractivity contribution in [1.29, 1.82) is 10.5 Å². The molecule has 5 nitrogen and oxygen atoms in total. The van der Waals surface area contributed by atoms with Crippen LogP contribution in [0, 0.1) is 28.6 Å². The third-order valence-electron chi connectivity index (χ3n) is 3.14. The van der Waals surface area contributed by atoms with E-state index in [1.165, 1.54) is 0 Å². The number of hydrogen-bond donors (Lipinski definition) is 1. The molecule has 1 N–H and O–H groups in total. The SMILES string of the molecule is CC(C)C(C)(C#N)NC(=O)COc1ccc(C#N)cc1. The van der Waals surface area contributed by atoms with Crippen molar-refractivity contribution in [3.8, 4) is 17.9 Å². The lowest BCUT2D eigenvalue weighted by molar-refractivity contribution is -0.124. The molecule has 0 aromatic heterocycles. The molecule has 0 heterocycles. The summed E-state index contributed by atoms with van der Waals surface area (Å²) in [5, 5.41) is 20.4. The van der Waals surface area contributed by atoms with E-state index >= 15 is 0 Å². The second-order valence-corrected chi connectivity index (χ2v) is 4.94. The second-order valence-electron chi connectivity index (χ2n) is 4.94. The Morgan fingerprint density at radius 2 is 1.95 bits per heavy atom. The fraction of sp³-hybridized carbons (Fsp3) is 0.400. The van der Waals surface area contributed by atoms with E-state index < -0.39 is 5.54 Å². The molecule has 0 bridgehead atoms. The van der Waals surface area contributed by atoms with Gasteiger partial charge in [-0.25, -0.2) is 0 Å². The zero-order valence-electron chi connectivity index (χ0n) is 11.8. The van der Waals surface area contributed by atoms with Gasteiger partial charge in [-0.3, -0.25) is 4.79 Å². The van der Waals surface area contributed by atoms with Crippen LogP contribution in [0.4, 0.5) is 0 Å². The number of nitrogens with one attached hydrogen (secondary N) is 1. The Kier molecular flexibility index (Phi) is 5.11. The highest BCUT2D eigenvalue weighted by Gasteiger charge is 2.29. The van der Waals surface area contributed by atoms with Crippen molar-refractivity contribution in [2.45, 2.75) is 26.3 Å². The van der Waals surface area contributed by atoms with Crippen molar-refractivity contribution >= 4 is 5.91 Å². The van der Waals surface area contributed by atoms with E-state index in [2.05, 4.69) is 11.4 Å². The first-order chi connectivity index (χ1) is 9.41. The standard InChI is InChI=1S/C15H17N3O2/c1-11(2)15(3,10-17)18-14(19)9-20-13-6-4-12(8-16)5-7-13/h4-7,11H,9H2,1-3H3,(H,18,19). The number of nitriles is 2. The molecule has 20 heavy (non-hydrogen) atoms. The summed E-state index contributed by atoms with van der Waals surface area (Å²) in [6.07, 6.45) is 0. The fourth-order valence-corrected chi connectivity index (χ4v) is 1.40. The maximum Gasteiger partial charge on any atom is 0.259 e. The van der Waals surface area contributed by atoms with Crippen LogP contribution in [0.2, 0.25) is 0 Å². The quantitative estimate of drug-likeness (QED) is 0.887. The Bertz CT molecular complexity index is 552. The van der Waals surface area contributed by atoms with Crippen LogP contribution in [-0.2, 0) is 4.79 Å². The molecule has 1 unspecified atom stereocenters. The Morgan fingerprint density at radius 3 is 2.40 bits per heavy atom. The Balaban J connectivity index is 2.55. The van der Waals surface area contributed by atoms with E-state index in [1.807, 2.05) is 19.9 Å². The number of carbonyl (C=O) groups is 1. The van der Waals surface area contributed by atoms with Crippen molar-refractivity contribution in [1.82, 2.24) is 5.32 Å². The number of benzene rings is 1. The summed E-state index contributed by atoms with van der Waals surface area (Å²) in [7, 11) is 0. The van der Waals surface area contributed by atoms with Crippen LogP contribution >= 0.6 is 0 Å². The Labute approximate surface area is 118 Å². The van der Waals surface area contributed by atoms with Gasteiger partial charge in [0.2, 0.25) is 0 Å². The van der Waals surface area contributed by atoms with Crippen molar-refractivity contribution in [3.63, 3.8) is 0 Å². The smallest absolute Gasteiger partial charge is 0.259 e. The van der Waals surface area contributed by atoms with E-state index in [0.717, 1.165) is 0 Å². The van der Waals surface area contributed by atoms with Crippen LogP contribution in [-0.4, -0.2) is 18.1 Å². The summed E-state index contributed by atoms with van der Waals surface area (Å²) in [4.78, 5) is 11.8. The maximum atomic E-state index is 11.8. The number of rotatable bonds is 5. The molecule has 0 saturated carbocycles. The van der Waals surface area contributed by atoms with E-state index in [9.17, 15) is 4.79 Å². The van der Waals surface area contributed by atoms with Crippen molar-refractivity contribution in [3.05, 3.63) is 29.8 Å². The summed E-state index contributed by atoms with van der Waals surface area (Å²) in [6, 6.07) is 10.6. The molecule has 5 heteroatoms. The van der Waals surface area contributed by atoms with Gasteiger partial charge in [0.1, 0.15) is 11.3 Å². The van der Waals surface area contributed by atoms with Crippen LogP contribution in [0.25, 0.3) is 0 Å². The van der Waals surface area contributed by atoms with Gasteiger partial charge in [-0.2, -0.15) is 10.5 Å². The second kappa shape index (κ2) is 6.58. The molecule has 0 fully saturated rings. The average Bonchev–Trinajstić information content (AvgIpc) is 2.45. The lowest BCUT2D eigenvalue weighted by Crippen LogP contribution is -2.50. The molecular weight excluding hydrogens is 254 g/mol. The molecule has 0 radical (unpaired) electrons. The normalized spacial score (nSPS) is 12.9. The van der Waals surface area contributed by atoms with E-state index in [4.69, 9.17) is 15.3 Å². The topological polar surface area (TPSA) is 85.9 Å². The Hall–Kier alpha value is -2.53. The van der Waals surface area contributed by atoms with Crippen LogP contribution in [0.1, 0.15) is 26.3 Å². The maximum absolute atomic E-state index is 11.8. The molecule has 1 amide bonds. The van der Waals surface area contributed by atoms with Crippen LogP contribution in [0.3, 0.4) is 0 Å². The monoisotopic (exact) mass is 271 g/mol. The lowest BCUT2D eigenvalue weighted by Gasteiger charge is -2.27. The largest absolute Gasteiger partial charge is 0.484 e. The number of nitrogens with zero attached hydrogens (tertiary/aromatic N) is 2. The zero-order valence-corrected chi connectivity index (χ0v) is 11.8. The molecule has 1 aromatic rings. The van der Waals surface area contributed by atoms with Gasteiger partial charge in [-0.1, -0.05) is 13.8 Å².